The van der Waals surface area contributed by atoms with Crippen molar-refractivity contribution in [2.75, 3.05) is 0 Å². The van der Waals surface area contributed by atoms with Crippen molar-refractivity contribution < 1.29 is 4.84 Å². The molecule has 1 radical (unpaired) electrons. The predicted octanol–water partition coefficient (Wildman–Crippen LogP) is 3.44. The van der Waals surface area contributed by atoms with Crippen LogP contribution >= 0.6 is 23.2 Å². The molecule has 1 heterocycles. The van der Waals surface area contributed by atoms with Gasteiger partial charge >= 0.3 is 0 Å². The molecule has 0 unspecified atom stereocenters. The maximum Gasteiger partial charge on any atom is 0.157 e. The van der Waals surface area contributed by atoms with Crippen LogP contribution in [-0.2, 0) is 0 Å². The monoisotopic (exact) mass is 226 g/mol. The van der Waals surface area contributed by atoms with Crippen molar-refractivity contribution in [2.45, 2.75) is 0 Å². The second-order valence-corrected chi connectivity index (χ2v) is 3.45. The van der Waals surface area contributed by atoms with Gasteiger partial charge in [0.25, 0.3) is 0 Å². The van der Waals surface area contributed by atoms with E-state index in [9.17, 15) is 0 Å². The predicted molar refractivity (Wildman–Crippen MR) is 55.8 cm³/mol. The van der Waals surface area contributed by atoms with Crippen LogP contribution in [0.5, 0.6) is 5.75 Å². The van der Waals surface area contributed by atoms with Crippen molar-refractivity contribution in [3.8, 4) is 5.75 Å². The van der Waals surface area contributed by atoms with E-state index in [1.165, 1.54) is 4.73 Å². The van der Waals surface area contributed by atoms with E-state index in [1.54, 1.807) is 36.7 Å². The second-order valence-electron chi connectivity index (χ2n) is 2.64. The highest BCUT2D eigenvalue weighted by Gasteiger charge is 2.00. The largest absolute Gasteiger partial charge is 0.376 e. The first kappa shape index (κ1) is 9.44. The lowest BCUT2D eigenvalue weighted by Crippen LogP contribution is -2.00. The average Bonchev–Trinajstić information content (AvgIpc) is 2.64. The molecule has 1 aromatic carbocycles. The van der Waals surface area contributed by atoms with E-state index >= 15 is 0 Å². The van der Waals surface area contributed by atoms with Crippen molar-refractivity contribution in [3.63, 3.8) is 0 Å². The first-order valence-electron chi connectivity index (χ1n) is 3.93. The molecule has 0 atom stereocenters. The number of benzene rings is 1. The number of hydrogen-bond donors (Lipinski definition) is 0. The second kappa shape index (κ2) is 3.95. The minimum absolute atomic E-state index is 0.473. The van der Waals surface area contributed by atoms with Crippen molar-refractivity contribution in [3.05, 3.63) is 52.8 Å². The normalized spacial score (nSPS) is 10.1. The maximum absolute atomic E-state index is 5.82. The molecule has 0 aliphatic carbocycles. The van der Waals surface area contributed by atoms with E-state index in [-0.39, 0.29) is 0 Å². The standard InChI is InChI=1S/C10H6Cl2NO/c11-9-4-3-8(7-10(9)12)14-13-5-1-2-6-13/h1,3-7H. The third-order valence-electron chi connectivity index (χ3n) is 1.62. The highest BCUT2D eigenvalue weighted by Crippen LogP contribution is 2.26. The minimum atomic E-state index is 0.473. The SMILES string of the molecule is Clc1ccc(On2c[c]cc2)cc1Cl. The van der Waals surface area contributed by atoms with Gasteiger partial charge in [0.05, 0.1) is 16.2 Å². The lowest BCUT2D eigenvalue weighted by molar-refractivity contribution is 0.217. The summed E-state index contributed by atoms with van der Waals surface area (Å²) in [7, 11) is 0. The van der Waals surface area contributed by atoms with Gasteiger partial charge in [0.1, 0.15) is 0 Å². The Morgan fingerprint density at radius 3 is 2.71 bits per heavy atom. The van der Waals surface area contributed by atoms with Gasteiger partial charge in [-0.05, 0) is 18.2 Å². The molecule has 0 saturated heterocycles. The summed E-state index contributed by atoms with van der Waals surface area (Å²) in [4.78, 5) is 5.40. The first-order chi connectivity index (χ1) is 6.75. The van der Waals surface area contributed by atoms with E-state index in [1.807, 2.05) is 0 Å². The molecule has 0 aliphatic rings. The molecule has 71 valence electrons. The van der Waals surface area contributed by atoms with Crippen LogP contribution in [0.25, 0.3) is 0 Å². The van der Waals surface area contributed by atoms with Crippen LogP contribution in [-0.4, -0.2) is 4.73 Å². The van der Waals surface area contributed by atoms with Gasteiger partial charge in [0, 0.05) is 18.3 Å². The van der Waals surface area contributed by atoms with Gasteiger partial charge < -0.3 is 4.84 Å². The Morgan fingerprint density at radius 2 is 2.07 bits per heavy atom. The molecule has 0 saturated carbocycles. The number of rotatable bonds is 2. The summed E-state index contributed by atoms with van der Waals surface area (Å²) in [6, 6.07) is 9.69. The molecule has 0 spiro atoms. The van der Waals surface area contributed by atoms with E-state index in [0.29, 0.717) is 15.8 Å². The first-order valence-corrected chi connectivity index (χ1v) is 4.69. The molecule has 2 aromatic rings. The molecule has 0 aliphatic heterocycles. The van der Waals surface area contributed by atoms with E-state index in [4.69, 9.17) is 28.0 Å². The molecule has 14 heavy (non-hydrogen) atoms. The summed E-state index contributed by atoms with van der Waals surface area (Å²) in [5, 5.41) is 0.985. The number of aromatic nitrogens is 1. The molecule has 2 rings (SSSR count). The van der Waals surface area contributed by atoms with Crippen LogP contribution < -0.4 is 4.84 Å². The Bertz CT molecular complexity index is 426. The molecular weight excluding hydrogens is 221 g/mol. The summed E-state index contributed by atoms with van der Waals surface area (Å²) in [5.74, 6) is 0.629. The highest BCUT2D eigenvalue weighted by molar-refractivity contribution is 6.42. The number of nitrogens with zero attached hydrogens (tertiary/aromatic N) is 1. The molecule has 0 N–H and O–H groups in total. The topological polar surface area (TPSA) is 14.2 Å². The van der Waals surface area contributed by atoms with Crippen molar-refractivity contribution in [1.29, 1.82) is 0 Å². The lowest BCUT2D eigenvalue weighted by Gasteiger charge is -2.06. The highest BCUT2D eigenvalue weighted by atomic mass is 35.5. The quantitative estimate of drug-likeness (QED) is 0.766. The third-order valence-corrected chi connectivity index (χ3v) is 2.36. The van der Waals surface area contributed by atoms with Gasteiger partial charge in [-0.3, -0.25) is 0 Å². The molecule has 4 heteroatoms. The summed E-state index contributed by atoms with van der Waals surface area (Å²) < 4.78 is 1.53. The average molecular weight is 227 g/mol. The van der Waals surface area contributed by atoms with E-state index in [0.717, 1.165) is 0 Å². The van der Waals surface area contributed by atoms with Gasteiger partial charge in [-0.1, -0.05) is 23.2 Å². The van der Waals surface area contributed by atoms with Gasteiger partial charge in [0.2, 0.25) is 0 Å². The van der Waals surface area contributed by atoms with Crippen LogP contribution in [0.3, 0.4) is 0 Å². The molecule has 2 nitrogen and oxygen atoms in total. The fraction of sp³-hybridized carbons (Fsp3) is 0. The van der Waals surface area contributed by atoms with Gasteiger partial charge in [-0.2, -0.15) is 4.73 Å². The summed E-state index contributed by atoms with van der Waals surface area (Å²) >= 11 is 11.6. The van der Waals surface area contributed by atoms with Crippen molar-refractivity contribution >= 4 is 23.2 Å². The molecular formula is C10H6Cl2NO. The van der Waals surface area contributed by atoms with Crippen molar-refractivity contribution in [2.24, 2.45) is 0 Å². The number of hydrogen-bond acceptors (Lipinski definition) is 1. The van der Waals surface area contributed by atoms with Crippen LogP contribution in [0.2, 0.25) is 10.0 Å². The zero-order valence-corrected chi connectivity index (χ0v) is 8.59. The Morgan fingerprint density at radius 1 is 1.21 bits per heavy atom. The third kappa shape index (κ3) is 2.03. The summed E-state index contributed by atoms with van der Waals surface area (Å²) in [6.45, 7) is 0. The van der Waals surface area contributed by atoms with Crippen LogP contribution in [0.4, 0.5) is 0 Å². The Balaban J connectivity index is 2.22. The molecule has 1 aromatic heterocycles. The molecule has 0 bridgehead atoms. The Kier molecular flexibility index (Phi) is 2.66. The zero-order valence-electron chi connectivity index (χ0n) is 7.08. The fourth-order valence-corrected chi connectivity index (χ4v) is 1.28. The summed E-state index contributed by atoms with van der Waals surface area (Å²) in [6.07, 6.45) is 3.41. The van der Waals surface area contributed by atoms with E-state index in [2.05, 4.69) is 6.07 Å². The molecule has 0 fully saturated rings. The van der Waals surface area contributed by atoms with Gasteiger partial charge in [-0.25, -0.2) is 0 Å². The lowest BCUT2D eigenvalue weighted by atomic mass is 10.3. The molecule has 0 amide bonds. The van der Waals surface area contributed by atoms with Crippen LogP contribution in [0, 0.1) is 6.07 Å². The van der Waals surface area contributed by atoms with Crippen LogP contribution in [0.15, 0.2) is 36.7 Å². The zero-order chi connectivity index (χ0) is 9.97. The maximum atomic E-state index is 5.82. The number of halogens is 2. The van der Waals surface area contributed by atoms with E-state index < -0.39 is 0 Å². The van der Waals surface area contributed by atoms with Crippen molar-refractivity contribution in [1.82, 2.24) is 4.73 Å². The fourth-order valence-electron chi connectivity index (χ4n) is 0.988. The van der Waals surface area contributed by atoms with Gasteiger partial charge in [-0.15, -0.1) is 0 Å². The minimum Gasteiger partial charge on any atom is -0.376 e. The van der Waals surface area contributed by atoms with Gasteiger partial charge in [0.15, 0.2) is 5.75 Å². The Hall–Kier alpha value is -1.12. The van der Waals surface area contributed by atoms with Crippen LogP contribution in [0.1, 0.15) is 0 Å². The summed E-state index contributed by atoms with van der Waals surface area (Å²) in [5.41, 5.74) is 0. The smallest absolute Gasteiger partial charge is 0.157 e. The Labute approximate surface area is 91.6 Å².